The molecule has 1 aliphatic carbocycles. The van der Waals surface area contributed by atoms with Crippen LogP contribution in [0.2, 0.25) is 0 Å². The molecule has 0 aliphatic heterocycles. The Labute approximate surface area is 101 Å². The van der Waals surface area contributed by atoms with Gasteiger partial charge in [0.15, 0.2) is 0 Å². The molecule has 0 radical (unpaired) electrons. The first-order valence-electron chi connectivity index (χ1n) is 5.92. The number of ether oxygens (including phenoxy) is 1. The standard InChI is InChI=1S/C13H19FN2O/c1-8-7-10(5-6-11(8)14)12(16-15)13(17-2)9-3-4-9/h5-7,9,12-13,16H,3-4,15H2,1-2H3. The number of rotatable bonds is 5. The molecular weight excluding hydrogens is 219 g/mol. The van der Waals surface area contributed by atoms with E-state index >= 15 is 0 Å². The Morgan fingerprint density at radius 1 is 1.47 bits per heavy atom. The van der Waals surface area contributed by atoms with Gasteiger partial charge in [0.2, 0.25) is 0 Å². The molecule has 1 saturated carbocycles. The van der Waals surface area contributed by atoms with E-state index < -0.39 is 0 Å². The number of hydrazine groups is 1. The molecule has 0 bridgehead atoms. The first-order valence-corrected chi connectivity index (χ1v) is 5.92. The smallest absolute Gasteiger partial charge is 0.126 e. The van der Waals surface area contributed by atoms with Crippen molar-refractivity contribution in [3.63, 3.8) is 0 Å². The van der Waals surface area contributed by atoms with Gasteiger partial charge in [0.05, 0.1) is 12.1 Å². The molecule has 0 saturated heterocycles. The highest BCUT2D eigenvalue weighted by Crippen LogP contribution is 2.39. The van der Waals surface area contributed by atoms with Gasteiger partial charge in [-0.3, -0.25) is 11.3 Å². The van der Waals surface area contributed by atoms with Crippen LogP contribution in [0, 0.1) is 18.7 Å². The summed E-state index contributed by atoms with van der Waals surface area (Å²) in [5, 5.41) is 0. The molecule has 1 fully saturated rings. The Morgan fingerprint density at radius 3 is 2.65 bits per heavy atom. The monoisotopic (exact) mass is 238 g/mol. The van der Waals surface area contributed by atoms with Crippen molar-refractivity contribution in [3.8, 4) is 0 Å². The van der Waals surface area contributed by atoms with Crippen LogP contribution >= 0.6 is 0 Å². The van der Waals surface area contributed by atoms with Gasteiger partial charge in [-0.15, -0.1) is 0 Å². The molecule has 4 heteroatoms. The fourth-order valence-electron chi connectivity index (χ4n) is 2.27. The lowest BCUT2D eigenvalue weighted by atomic mass is 9.97. The van der Waals surface area contributed by atoms with Gasteiger partial charge in [-0.1, -0.05) is 12.1 Å². The van der Waals surface area contributed by atoms with Crippen molar-refractivity contribution in [1.82, 2.24) is 5.43 Å². The fourth-order valence-corrected chi connectivity index (χ4v) is 2.27. The second kappa shape index (κ2) is 5.12. The van der Waals surface area contributed by atoms with Crippen LogP contribution in [-0.4, -0.2) is 13.2 Å². The van der Waals surface area contributed by atoms with E-state index in [2.05, 4.69) is 5.43 Å². The van der Waals surface area contributed by atoms with Crippen LogP contribution in [0.4, 0.5) is 4.39 Å². The van der Waals surface area contributed by atoms with Gasteiger partial charge >= 0.3 is 0 Å². The zero-order valence-corrected chi connectivity index (χ0v) is 10.2. The maximum atomic E-state index is 13.2. The summed E-state index contributed by atoms with van der Waals surface area (Å²) < 4.78 is 18.8. The SMILES string of the molecule is COC(C1CC1)C(NN)c1ccc(F)c(C)c1. The Balaban J connectivity index is 2.23. The van der Waals surface area contributed by atoms with E-state index in [1.165, 1.54) is 18.9 Å². The van der Waals surface area contributed by atoms with Crippen LogP contribution < -0.4 is 11.3 Å². The van der Waals surface area contributed by atoms with E-state index in [1.807, 2.05) is 6.07 Å². The highest BCUT2D eigenvalue weighted by Gasteiger charge is 2.37. The van der Waals surface area contributed by atoms with Crippen molar-refractivity contribution in [3.05, 3.63) is 35.1 Å². The van der Waals surface area contributed by atoms with Crippen molar-refractivity contribution in [2.75, 3.05) is 7.11 Å². The highest BCUT2D eigenvalue weighted by molar-refractivity contribution is 5.27. The molecule has 2 atom stereocenters. The van der Waals surface area contributed by atoms with Crippen molar-refractivity contribution >= 4 is 0 Å². The van der Waals surface area contributed by atoms with E-state index in [-0.39, 0.29) is 18.0 Å². The molecule has 17 heavy (non-hydrogen) atoms. The summed E-state index contributed by atoms with van der Waals surface area (Å²) in [6.07, 6.45) is 2.41. The van der Waals surface area contributed by atoms with Crippen LogP contribution in [-0.2, 0) is 4.74 Å². The number of halogens is 1. The third-order valence-electron chi connectivity index (χ3n) is 3.41. The number of aryl methyl sites for hydroxylation is 1. The summed E-state index contributed by atoms with van der Waals surface area (Å²) in [5.74, 6) is 5.98. The second-order valence-electron chi connectivity index (χ2n) is 4.69. The molecule has 0 spiro atoms. The predicted octanol–water partition coefficient (Wildman–Crippen LogP) is 2.06. The first kappa shape index (κ1) is 12.5. The Bertz CT molecular complexity index is 393. The van der Waals surface area contributed by atoms with Gasteiger partial charge in [0.1, 0.15) is 5.82 Å². The van der Waals surface area contributed by atoms with Crippen molar-refractivity contribution in [1.29, 1.82) is 0 Å². The average molecular weight is 238 g/mol. The van der Waals surface area contributed by atoms with Crippen LogP contribution in [0.15, 0.2) is 18.2 Å². The molecule has 1 aromatic rings. The van der Waals surface area contributed by atoms with Gasteiger partial charge < -0.3 is 4.74 Å². The topological polar surface area (TPSA) is 47.3 Å². The quantitative estimate of drug-likeness (QED) is 0.610. The molecule has 94 valence electrons. The highest BCUT2D eigenvalue weighted by atomic mass is 19.1. The zero-order chi connectivity index (χ0) is 12.4. The molecular formula is C13H19FN2O. The number of benzene rings is 1. The third-order valence-corrected chi connectivity index (χ3v) is 3.41. The molecule has 3 nitrogen and oxygen atoms in total. The van der Waals surface area contributed by atoms with Crippen LogP contribution in [0.1, 0.15) is 30.0 Å². The summed E-state index contributed by atoms with van der Waals surface area (Å²) in [6.45, 7) is 1.76. The average Bonchev–Trinajstić information content (AvgIpc) is 3.14. The third kappa shape index (κ3) is 2.65. The van der Waals surface area contributed by atoms with Gasteiger partial charge in [0.25, 0.3) is 0 Å². The Kier molecular flexibility index (Phi) is 3.76. The lowest BCUT2D eigenvalue weighted by Gasteiger charge is -2.26. The fraction of sp³-hybridized carbons (Fsp3) is 0.538. The Hall–Kier alpha value is -0.970. The molecule has 0 aromatic heterocycles. The number of methoxy groups -OCH3 is 1. The van der Waals surface area contributed by atoms with E-state index in [4.69, 9.17) is 10.6 Å². The zero-order valence-electron chi connectivity index (χ0n) is 10.2. The number of hydrogen-bond donors (Lipinski definition) is 2. The van der Waals surface area contributed by atoms with E-state index in [0.29, 0.717) is 11.5 Å². The summed E-state index contributed by atoms with van der Waals surface area (Å²) in [6, 6.07) is 5.00. The minimum Gasteiger partial charge on any atom is -0.379 e. The van der Waals surface area contributed by atoms with Crippen molar-refractivity contribution < 1.29 is 9.13 Å². The maximum absolute atomic E-state index is 13.2. The second-order valence-corrected chi connectivity index (χ2v) is 4.69. The predicted molar refractivity (Wildman–Crippen MR) is 64.7 cm³/mol. The van der Waals surface area contributed by atoms with Crippen molar-refractivity contribution in [2.24, 2.45) is 11.8 Å². The molecule has 1 aliphatic rings. The maximum Gasteiger partial charge on any atom is 0.126 e. The van der Waals surface area contributed by atoms with Crippen LogP contribution in [0.25, 0.3) is 0 Å². The summed E-state index contributed by atoms with van der Waals surface area (Å²) in [4.78, 5) is 0. The van der Waals surface area contributed by atoms with E-state index in [1.54, 1.807) is 20.1 Å². The summed E-state index contributed by atoms with van der Waals surface area (Å²) in [7, 11) is 1.70. The number of nitrogens with one attached hydrogen (secondary N) is 1. The Morgan fingerprint density at radius 2 is 2.18 bits per heavy atom. The lowest BCUT2D eigenvalue weighted by Crippen LogP contribution is -2.38. The van der Waals surface area contributed by atoms with Crippen LogP contribution in [0.3, 0.4) is 0 Å². The normalized spacial score (nSPS) is 19.1. The van der Waals surface area contributed by atoms with Gasteiger partial charge in [-0.2, -0.15) is 0 Å². The van der Waals surface area contributed by atoms with Crippen molar-refractivity contribution in [2.45, 2.75) is 31.9 Å². The summed E-state index contributed by atoms with van der Waals surface area (Å²) >= 11 is 0. The molecule has 2 unspecified atom stereocenters. The lowest BCUT2D eigenvalue weighted by molar-refractivity contribution is 0.0506. The molecule has 0 amide bonds. The minimum absolute atomic E-state index is 0.0601. The van der Waals surface area contributed by atoms with E-state index in [9.17, 15) is 4.39 Å². The molecule has 0 heterocycles. The minimum atomic E-state index is -0.190. The molecule has 1 aromatic carbocycles. The number of hydrogen-bond acceptors (Lipinski definition) is 3. The van der Waals surface area contributed by atoms with Gasteiger partial charge in [-0.25, -0.2) is 4.39 Å². The molecule has 3 N–H and O–H groups in total. The number of nitrogens with two attached hydrogens (primary N) is 1. The summed E-state index contributed by atoms with van der Waals surface area (Å²) in [5.41, 5.74) is 4.40. The first-order chi connectivity index (χ1) is 8.17. The van der Waals surface area contributed by atoms with Gasteiger partial charge in [-0.05, 0) is 42.9 Å². The molecule has 2 rings (SSSR count). The van der Waals surface area contributed by atoms with E-state index in [0.717, 1.165) is 5.56 Å². The van der Waals surface area contributed by atoms with Crippen LogP contribution in [0.5, 0.6) is 0 Å². The van der Waals surface area contributed by atoms with Gasteiger partial charge in [0, 0.05) is 7.11 Å². The largest absolute Gasteiger partial charge is 0.379 e.